The first-order chi connectivity index (χ1) is 6.29. The Bertz CT molecular complexity index is 372. The van der Waals surface area contributed by atoms with Crippen molar-refractivity contribution >= 4 is 11.8 Å². The zero-order valence-corrected chi connectivity index (χ0v) is 6.82. The molecule has 0 bridgehead atoms. The Morgan fingerprint density at radius 2 is 2.08 bits per heavy atom. The topological polar surface area (TPSA) is 50.5 Å². The van der Waals surface area contributed by atoms with Crippen LogP contribution in [0.1, 0.15) is 33.8 Å². The first-order valence-electron chi connectivity index (χ1n) is 4.24. The Kier molecular flexibility index (Phi) is 1.07. The number of rotatable bonds is 1. The number of carbonyl (C=O) groups is 2. The fourth-order valence-electron chi connectivity index (χ4n) is 1.64. The Morgan fingerprint density at radius 3 is 2.69 bits per heavy atom. The molecule has 0 saturated heterocycles. The number of fused-ring (bicyclic) bond motifs is 1. The van der Waals surface area contributed by atoms with Crippen molar-refractivity contribution in [2.45, 2.75) is 18.9 Å². The van der Waals surface area contributed by atoms with Crippen molar-refractivity contribution in [1.29, 1.82) is 0 Å². The molecule has 1 aromatic rings. The van der Waals surface area contributed by atoms with Crippen LogP contribution in [0.2, 0.25) is 0 Å². The van der Waals surface area contributed by atoms with Gasteiger partial charge in [-0.3, -0.25) is 14.5 Å². The third-order valence-electron chi connectivity index (χ3n) is 2.44. The maximum absolute atomic E-state index is 11.6. The van der Waals surface area contributed by atoms with Gasteiger partial charge in [-0.05, 0) is 18.9 Å². The summed E-state index contributed by atoms with van der Waals surface area (Å²) < 4.78 is 4.95. The molecule has 2 aliphatic rings. The zero-order chi connectivity index (χ0) is 9.00. The van der Waals surface area contributed by atoms with Crippen molar-refractivity contribution in [2.24, 2.45) is 0 Å². The number of furan rings is 1. The van der Waals surface area contributed by atoms with E-state index in [2.05, 4.69) is 0 Å². The summed E-state index contributed by atoms with van der Waals surface area (Å²) in [6.07, 6.45) is 3.24. The van der Waals surface area contributed by atoms with Crippen LogP contribution in [0.4, 0.5) is 0 Å². The molecule has 3 rings (SSSR count). The maximum Gasteiger partial charge on any atom is 0.297 e. The number of hydrogen-bond acceptors (Lipinski definition) is 3. The van der Waals surface area contributed by atoms with Gasteiger partial charge in [0.1, 0.15) is 0 Å². The highest BCUT2D eigenvalue weighted by Crippen LogP contribution is 2.34. The Hall–Kier alpha value is -1.58. The molecule has 1 aliphatic carbocycles. The first kappa shape index (κ1) is 6.88. The fraction of sp³-hybridized carbons (Fsp3) is 0.333. The third-order valence-corrected chi connectivity index (χ3v) is 2.44. The predicted octanol–water partition coefficient (Wildman–Crippen LogP) is 1.04. The summed E-state index contributed by atoms with van der Waals surface area (Å²) in [5, 5.41) is 0. The van der Waals surface area contributed by atoms with E-state index in [0.717, 1.165) is 12.8 Å². The van der Waals surface area contributed by atoms with E-state index in [0.29, 0.717) is 5.56 Å². The second kappa shape index (κ2) is 2.02. The Balaban J connectivity index is 2.10. The molecule has 0 aromatic carbocycles. The molecule has 66 valence electrons. The van der Waals surface area contributed by atoms with Crippen molar-refractivity contribution in [1.82, 2.24) is 4.90 Å². The molecular weight excluding hydrogens is 170 g/mol. The van der Waals surface area contributed by atoms with Gasteiger partial charge in [0.15, 0.2) is 0 Å². The van der Waals surface area contributed by atoms with Gasteiger partial charge in [0.05, 0.1) is 11.8 Å². The maximum atomic E-state index is 11.6. The average molecular weight is 177 g/mol. The van der Waals surface area contributed by atoms with Gasteiger partial charge in [0.25, 0.3) is 11.8 Å². The molecule has 4 nitrogen and oxygen atoms in total. The minimum atomic E-state index is -0.271. The molecule has 1 aromatic heterocycles. The van der Waals surface area contributed by atoms with Crippen LogP contribution in [0.5, 0.6) is 0 Å². The monoisotopic (exact) mass is 177 g/mol. The highest BCUT2D eigenvalue weighted by Gasteiger charge is 2.46. The number of carbonyl (C=O) groups excluding carboxylic acids is 2. The molecule has 0 atom stereocenters. The molecule has 1 saturated carbocycles. The first-order valence-corrected chi connectivity index (χ1v) is 4.24. The lowest BCUT2D eigenvalue weighted by atomic mass is 10.3. The lowest BCUT2D eigenvalue weighted by Gasteiger charge is -2.10. The van der Waals surface area contributed by atoms with E-state index < -0.39 is 0 Å². The molecule has 1 aliphatic heterocycles. The quantitative estimate of drug-likeness (QED) is 0.602. The molecule has 0 radical (unpaired) electrons. The van der Waals surface area contributed by atoms with Gasteiger partial charge < -0.3 is 4.42 Å². The van der Waals surface area contributed by atoms with Gasteiger partial charge in [0, 0.05) is 6.04 Å². The van der Waals surface area contributed by atoms with E-state index in [4.69, 9.17) is 4.42 Å². The lowest BCUT2D eigenvalue weighted by Crippen LogP contribution is -2.31. The largest absolute Gasteiger partial charge is 0.458 e. The van der Waals surface area contributed by atoms with Gasteiger partial charge in [-0.15, -0.1) is 0 Å². The van der Waals surface area contributed by atoms with E-state index in [1.807, 2.05) is 0 Å². The SMILES string of the molecule is O=C1c2ccoc2C(=O)N1C1CC1. The number of nitrogens with zero attached hydrogens (tertiary/aromatic N) is 1. The minimum absolute atomic E-state index is 0.127. The summed E-state index contributed by atoms with van der Waals surface area (Å²) in [4.78, 5) is 24.5. The highest BCUT2D eigenvalue weighted by molar-refractivity contribution is 6.20. The van der Waals surface area contributed by atoms with E-state index in [1.54, 1.807) is 6.07 Å². The van der Waals surface area contributed by atoms with Gasteiger partial charge in [-0.1, -0.05) is 0 Å². The van der Waals surface area contributed by atoms with Gasteiger partial charge in [0.2, 0.25) is 5.76 Å². The van der Waals surface area contributed by atoms with Crippen molar-refractivity contribution < 1.29 is 14.0 Å². The molecule has 4 heteroatoms. The summed E-state index contributed by atoms with van der Waals surface area (Å²) in [5.41, 5.74) is 0.414. The van der Waals surface area contributed by atoms with Crippen LogP contribution in [0.25, 0.3) is 0 Å². The molecular formula is C9H7NO3. The van der Waals surface area contributed by atoms with Crippen LogP contribution in [0, 0.1) is 0 Å². The van der Waals surface area contributed by atoms with Crippen molar-refractivity contribution in [3.63, 3.8) is 0 Å². The number of imide groups is 1. The lowest BCUT2D eigenvalue weighted by molar-refractivity contribution is 0.0629. The van der Waals surface area contributed by atoms with Crippen LogP contribution in [0.15, 0.2) is 16.7 Å². The Morgan fingerprint density at radius 1 is 1.31 bits per heavy atom. The summed E-state index contributed by atoms with van der Waals surface area (Å²) in [7, 11) is 0. The van der Waals surface area contributed by atoms with E-state index >= 15 is 0 Å². The normalized spacial score (nSPS) is 21.1. The average Bonchev–Trinajstić information content (AvgIpc) is 2.77. The van der Waals surface area contributed by atoms with Crippen molar-refractivity contribution in [2.75, 3.05) is 0 Å². The van der Waals surface area contributed by atoms with Crippen LogP contribution < -0.4 is 0 Å². The van der Waals surface area contributed by atoms with Crippen molar-refractivity contribution in [3.05, 3.63) is 23.7 Å². The van der Waals surface area contributed by atoms with Gasteiger partial charge >= 0.3 is 0 Å². The van der Waals surface area contributed by atoms with E-state index in [9.17, 15) is 9.59 Å². The van der Waals surface area contributed by atoms with Gasteiger partial charge in [-0.2, -0.15) is 0 Å². The van der Waals surface area contributed by atoms with Crippen molar-refractivity contribution in [3.8, 4) is 0 Å². The second-order valence-corrected chi connectivity index (χ2v) is 3.37. The van der Waals surface area contributed by atoms with E-state index in [-0.39, 0.29) is 23.6 Å². The molecule has 0 unspecified atom stereocenters. The van der Waals surface area contributed by atoms with Crippen LogP contribution in [0.3, 0.4) is 0 Å². The molecule has 0 N–H and O–H groups in total. The molecule has 0 spiro atoms. The Labute approximate surface area is 74.1 Å². The number of amides is 2. The number of hydrogen-bond donors (Lipinski definition) is 0. The van der Waals surface area contributed by atoms with E-state index in [1.165, 1.54) is 11.2 Å². The summed E-state index contributed by atoms with van der Waals surface area (Å²) in [6, 6.07) is 1.68. The minimum Gasteiger partial charge on any atom is -0.458 e. The zero-order valence-electron chi connectivity index (χ0n) is 6.82. The highest BCUT2D eigenvalue weighted by atomic mass is 16.3. The second-order valence-electron chi connectivity index (χ2n) is 3.37. The third kappa shape index (κ3) is 0.748. The summed E-state index contributed by atoms with van der Waals surface area (Å²) in [6.45, 7) is 0. The molecule has 2 amide bonds. The van der Waals surface area contributed by atoms with Crippen LogP contribution >= 0.6 is 0 Å². The summed E-state index contributed by atoms with van der Waals surface area (Å²) >= 11 is 0. The smallest absolute Gasteiger partial charge is 0.297 e. The summed E-state index contributed by atoms with van der Waals surface area (Å²) in [5.74, 6) is -0.263. The van der Waals surface area contributed by atoms with Gasteiger partial charge in [-0.25, -0.2) is 0 Å². The predicted molar refractivity (Wildman–Crippen MR) is 42.2 cm³/mol. The standard InChI is InChI=1S/C9H7NO3/c11-8-6-3-4-13-7(6)9(12)10(8)5-1-2-5/h3-5H,1-2H2. The molecule has 13 heavy (non-hydrogen) atoms. The fourth-order valence-corrected chi connectivity index (χ4v) is 1.64. The molecule has 2 heterocycles. The van der Waals surface area contributed by atoms with Crippen LogP contribution in [-0.2, 0) is 0 Å². The molecule has 1 fully saturated rings. The van der Waals surface area contributed by atoms with Crippen LogP contribution in [-0.4, -0.2) is 22.8 Å².